The second-order valence-electron chi connectivity index (χ2n) is 6.47. The number of anilines is 1. The molecule has 3 rings (SSSR count). The molecule has 0 aliphatic carbocycles. The fourth-order valence-corrected chi connectivity index (χ4v) is 3.81. The van der Waals surface area contributed by atoms with E-state index in [0.717, 1.165) is 5.56 Å². The number of nitrogens with one attached hydrogen (secondary N) is 2. The molecule has 27 heavy (non-hydrogen) atoms. The van der Waals surface area contributed by atoms with E-state index in [0.29, 0.717) is 35.5 Å². The Balaban J connectivity index is 1.80. The Labute approximate surface area is 167 Å². The van der Waals surface area contributed by atoms with Crippen LogP contribution in [0, 0.1) is 0 Å². The standard InChI is InChI=1S/C20H18Cl2N2O3/c1-2-20(10-9-17(25)24-19(20)27)12-3-6-14(7-4-12)23-18(26)15-8-5-13(21)11-16(15)22/h3-8,11H,2,9-10H2,1H3,(H,23,26)(H,24,25,27). The zero-order chi connectivity index (χ0) is 19.6. The Morgan fingerprint density at radius 3 is 2.44 bits per heavy atom. The molecule has 7 heteroatoms. The Kier molecular flexibility index (Phi) is 5.53. The van der Waals surface area contributed by atoms with Crippen LogP contribution in [0.15, 0.2) is 42.5 Å². The number of piperidine rings is 1. The molecule has 1 heterocycles. The Bertz CT molecular complexity index is 912. The van der Waals surface area contributed by atoms with E-state index in [1.807, 2.05) is 6.92 Å². The van der Waals surface area contributed by atoms with Crippen molar-refractivity contribution in [2.75, 3.05) is 5.32 Å². The third kappa shape index (κ3) is 3.84. The molecule has 3 amide bonds. The number of hydrogen-bond acceptors (Lipinski definition) is 3. The van der Waals surface area contributed by atoms with Crippen LogP contribution in [0.25, 0.3) is 0 Å². The molecule has 2 N–H and O–H groups in total. The van der Waals surface area contributed by atoms with E-state index in [1.165, 1.54) is 6.07 Å². The molecule has 1 saturated heterocycles. The highest BCUT2D eigenvalue weighted by molar-refractivity contribution is 6.37. The topological polar surface area (TPSA) is 75.3 Å². The van der Waals surface area contributed by atoms with Crippen LogP contribution >= 0.6 is 23.2 Å². The van der Waals surface area contributed by atoms with Crippen LogP contribution in [0.2, 0.25) is 10.0 Å². The summed E-state index contributed by atoms with van der Waals surface area (Å²) in [6.45, 7) is 1.92. The van der Waals surface area contributed by atoms with Gasteiger partial charge in [-0.1, -0.05) is 42.3 Å². The fourth-order valence-electron chi connectivity index (χ4n) is 3.31. The van der Waals surface area contributed by atoms with Crippen LogP contribution in [-0.2, 0) is 15.0 Å². The van der Waals surface area contributed by atoms with Gasteiger partial charge in [0.25, 0.3) is 5.91 Å². The zero-order valence-electron chi connectivity index (χ0n) is 14.6. The molecule has 2 aromatic rings. The first-order valence-corrected chi connectivity index (χ1v) is 9.32. The average molecular weight is 405 g/mol. The maximum Gasteiger partial charge on any atom is 0.257 e. The summed E-state index contributed by atoms with van der Waals surface area (Å²) in [6.07, 6.45) is 1.37. The summed E-state index contributed by atoms with van der Waals surface area (Å²) < 4.78 is 0. The summed E-state index contributed by atoms with van der Waals surface area (Å²) in [7, 11) is 0. The van der Waals surface area contributed by atoms with E-state index in [-0.39, 0.29) is 22.7 Å². The number of rotatable bonds is 4. The van der Waals surface area contributed by atoms with Gasteiger partial charge in [-0.3, -0.25) is 19.7 Å². The molecule has 2 aromatic carbocycles. The summed E-state index contributed by atoms with van der Waals surface area (Å²) in [5, 5.41) is 5.92. The number of halogens is 2. The second-order valence-corrected chi connectivity index (χ2v) is 7.31. The van der Waals surface area contributed by atoms with Gasteiger partial charge in [0.1, 0.15) is 0 Å². The van der Waals surface area contributed by atoms with Gasteiger partial charge in [-0.05, 0) is 48.7 Å². The number of hydrogen-bond donors (Lipinski definition) is 2. The minimum atomic E-state index is -0.726. The Morgan fingerprint density at radius 1 is 1.15 bits per heavy atom. The molecule has 1 atom stereocenters. The lowest BCUT2D eigenvalue weighted by atomic mass is 9.72. The normalized spacial score (nSPS) is 19.5. The first-order valence-electron chi connectivity index (χ1n) is 8.57. The molecule has 0 bridgehead atoms. The van der Waals surface area contributed by atoms with Gasteiger partial charge in [-0.2, -0.15) is 0 Å². The maximum absolute atomic E-state index is 12.4. The summed E-state index contributed by atoms with van der Waals surface area (Å²) in [4.78, 5) is 36.3. The van der Waals surface area contributed by atoms with E-state index in [2.05, 4.69) is 10.6 Å². The van der Waals surface area contributed by atoms with Gasteiger partial charge in [0.05, 0.1) is 16.0 Å². The van der Waals surface area contributed by atoms with Crippen LogP contribution in [0.5, 0.6) is 0 Å². The molecule has 0 saturated carbocycles. The quantitative estimate of drug-likeness (QED) is 0.744. The van der Waals surface area contributed by atoms with Crippen molar-refractivity contribution >= 4 is 46.6 Å². The first kappa shape index (κ1) is 19.4. The largest absolute Gasteiger partial charge is 0.322 e. The van der Waals surface area contributed by atoms with E-state index in [4.69, 9.17) is 23.2 Å². The van der Waals surface area contributed by atoms with Crippen molar-refractivity contribution in [2.24, 2.45) is 0 Å². The molecule has 1 aliphatic heterocycles. The van der Waals surface area contributed by atoms with E-state index in [1.54, 1.807) is 36.4 Å². The van der Waals surface area contributed by atoms with Gasteiger partial charge in [0, 0.05) is 17.1 Å². The van der Waals surface area contributed by atoms with E-state index in [9.17, 15) is 14.4 Å². The highest BCUT2D eigenvalue weighted by Crippen LogP contribution is 2.36. The van der Waals surface area contributed by atoms with Crippen molar-refractivity contribution in [2.45, 2.75) is 31.6 Å². The van der Waals surface area contributed by atoms with Crippen molar-refractivity contribution in [1.82, 2.24) is 5.32 Å². The zero-order valence-corrected chi connectivity index (χ0v) is 16.2. The lowest BCUT2D eigenvalue weighted by Gasteiger charge is -2.35. The molecule has 0 spiro atoms. The molecule has 1 aliphatic rings. The molecule has 5 nitrogen and oxygen atoms in total. The number of benzene rings is 2. The van der Waals surface area contributed by atoms with Crippen molar-refractivity contribution in [1.29, 1.82) is 0 Å². The third-order valence-electron chi connectivity index (χ3n) is 4.94. The van der Waals surface area contributed by atoms with Crippen molar-refractivity contribution in [3.63, 3.8) is 0 Å². The highest BCUT2D eigenvalue weighted by atomic mass is 35.5. The van der Waals surface area contributed by atoms with Gasteiger partial charge in [0.2, 0.25) is 11.8 Å². The van der Waals surface area contributed by atoms with Crippen LogP contribution in [0.3, 0.4) is 0 Å². The van der Waals surface area contributed by atoms with E-state index < -0.39 is 5.41 Å². The number of carbonyl (C=O) groups is 3. The Morgan fingerprint density at radius 2 is 1.85 bits per heavy atom. The minimum Gasteiger partial charge on any atom is -0.322 e. The van der Waals surface area contributed by atoms with Crippen LogP contribution in [-0.4, -0.2) is 17.7 Å². The molecule has 140 valence electrons. The van der Waals surface area contributed by atoms with Gasteiger partial charge < -0.3 is 5.32 Å². The number of amides is 3. The van der Waals surface area contributed by atoms with Gasteiger partial charge in [0.15, 0.2) is 0 Å². The first-order chi connectivity index (χ1) is 12.9. The van der Waals surface area contributed by atoms with Crippen LogP contribution < -0.4 is 10.6 Å². The lowest BCUT2D eigenvalue weighted by Crippen LogP contribution is -2.51. The minimum absolute atomic E-state index is 0.243. The van der Waals surface area contributed by atoms with Crippen molar-refractivity contribution in [3.8, 4) is 0 Å². The molecular weight excluding hydrogens is 387 g/mol. The van der Waals surface area contributed by atoms with Gasteiger partial charge in [-0.25, -0.2) is 0 Å². The Hall–Kier alpha value is -2.37. The average Bonchev–Trinajstić information content (AvgIpc) is 2.63. The third-order valence-corrected chi connectivity index (χ3v) is 5.49. The van der Waals surface area contributed by atoms with Crippen molar-refractivity contribution < 1.29 is 14.4 Å². The smallest absolute Gasteiger partial charge is 0.257 e. The monoisotopic (exact) mass is 404 g/mol. The molecular formula is C20H18Cl2N2O3. The number of carbonyl (C=O) groups excluding carboxylic acids is 3. The lowest BCUT2D eigenvalue weighted by molar-refractivity contribution is -0.138. The second kappa shape index (κ2) is 7.71. The van der Waals surface area contributed by atoms with Crippen molar-refractivity contribution in [3.05, 3.63) is 63.6 Å². The summed E-state index contributed by atoms with van der Waals surface area (Å²) in [5.41, 5.74) is 0.988. The summed E-state index contributed by atoms with van der Waals surface area (Å²) >= 11 is 11.9. The predicted molar refractivity (Wildman–Crippen MR) is 105 cm³/mol. The molecule has 0 aromatic heterocycles. The predicted octanol–water partition coefficient (Wildman–Crippen LogP) is 4.33. The van der Waals surface area contributed by atoms with Gasteiger partial charge in [-0.15, -0.1) is 0 Å². The molecule has 0 radical (unpaired) electrons. The van der Waals surface area contributed by atoms with E-state index >= 15 is 0 Å². The maximum atomic E-state index is 12.4. The number of imide groups is 1. The summed E-state index contributed by atoms with van der Waals surface area (Å²) in [6, 6.07) is 11.7. The highest BCUT2D eigenvalue weighted by Gasteiger charge is 2.42. The molecule has 1 fully saturated rings. The molecule has 1 unspecified atom stereocenters. The SMILES string of the molecule is CCC1(c2ccc(NC(=O)c3ccc(Cl)cc3Cl)cc2)CCC(=O)NC1=O. The van der Waals surface area contributed by atoms with Gasteiger partial charge >= 0.3 is 0 Å². The summed E-state index contributed by atoms with van der Waals surface area (Å²) in [5.74, 6) is -0.866. The fraction of sp³-hybridized carbons (Fsp3) is 0.250. The van der Waals surface area contributed by atoms with Crippen LogP contribution in [0.1, 0.15) is 42.1 Å². The van der Waals surface area contributed by atoms with Crippen LogP contribution in [0.4, 0.5) is 5.69 Å².